The average Bonchev–Trinajstić information content (AvgIpc) is 3.21. The number of hydrogen-bond acceptors (Lipinski definition) is 4. The molecule has 0 spiro atoms. The van der Waals surface area contributed by atoms with Gasteiger partial charge in [-0.2, -0.15) is 0 Å². The molecule has 0 radical (unpaired) electrons. The minimum Gasteiger partial charge on any atom is -0.508 e. The van der Waals surface area contributed by atoms with E-state index in [4.69, 9.17) is 23.2 Å². The molecule has 24 heavy (non-hydrogen) atoms. The zero-order valence-electron chi connectivity index (χ0n) is 12.9. The van der Waals surface area contributed by atoms with Gasteiger partial charge in [0.15, 0.2) is 0 Å². The maximum atomic E-state index is 12.8. The van der Waals surface area contributed by atoms with Crippen LogP contribution in [0.1, 0.15) is 35.2 Å². The van der Waals surface area contributed by atoms with Gasteiger partial charge in [0.2, 0.25) is 0 Å². The van der Waals surface area contributed by atoms with Gasteiger partial charge in [-0.25, -0.2) is 4.98 Å². The van der Waals surface area contributed by atoms with E-state index in [1.165, 1.54) is 0 Å². The van der Waals surface area contributed by atoms with Crippen LogP contribution in [-0.4, -0.2) is 27.7 Å². The lowest BCUT2D eigenvalue weighted by Gasteiger charge is -2.14. The molecule has 2 aliphatic rings. The Morgan fingerprint density at radius 2 is 2.12 bits per heavy atom. The van der Waals surface area contributed by atoms with Crippen molar-refractivity contribution in [1.82, 2.24) is 14.9 Å². The van der Waals surface area contributed by atoms with Crippen LogP contribution >= 0.6 is 23.2 Å². The standard InChI is InChI=1S/C17H17Cl2N3O2/c18-12-1-2-14(23)15(16(12)19)9-5-11-13(6-9)21-8-22(17(11)24)10-3-4-20-7-10/h1-2,8-10,20,23H,3-7H2/t9-,10-/m1/s1. The maximum absolute atomic E-state index is 12.8. The van der Waals surface area contributed by atoms with Gasteiger partial charge in [-0.1, -0.05) is 23.2 Å². The van der Waals surface area contributed by atoms with Crippen molar-refractivity contribution < 1.29 is 5.11 Å². The maximum Gasteiger partial charge on any atom is 0.257 e. The van der Waals surface area contributed by atoms with Gasteiger partial charge in [0.05, 0.1) is 28.1 Å². The van der Waals surface area contributed by atoms with E-state index < -0.39 is 0 Å². The third-order valence-electron chi connectivity index (χ3n) is 5.01. The van der Waals surface area contributed by atoms with Crippen LogP contribution in [0.4, 0.5) is 0 Å². The number of hydrogen-bond donors (Lipinski definition) is 2. The van der Waals surface area contributed by atoms with Crippen molar-refractivity contribution >= 4 is 23.2 Å². The van der Waals surface area contributed by atoms with Crippen LogP contribution < -0.4 is 10.9 Å². The Bertz CT molecular complexity index is 860. The Morgan fingerprint density at radius 1 is 1.29 bits per heavy atom. The Kier molecular flexibility index (Phi) is 4.03. The van der Waals surface area contributed by atoms with E-state index in [-0.39, 0.29) is 23.3 Å². The monoisotopic (exact) mass is 365 g/mol. The normalized spacial score (nSPS) is 22.8. The first kappa shape index (κ1) is 15.9. The molecular weight excluding hydrogens is 349 g/mol. The van der Waals surface area contributed by atoms with Crippen molar-refractivity contribution in [2.45, 2.75) is 31.2 Å². The number of nitrogens with zero attached hydrogens (tertiary/aromatic N) is 2. The molecule has 0 saturated carbocycles. The van der Waals surface area contributed by atoms with Crippen LogP contribution in [0.5, 0.6) is 5.75 Å². The molecule has 1 saturated heterocycles. The van der Waals surface area contributed by atoms with E-state index >= 15 is 0 Å². The van der Waals surface area contributed by atoms with Crippen LogP contribution in [0.15, 0.2) is 23.3 Å². The van der Waals surface area contributed by atoms with Crippen molar-refractivity contribution in [1.29, 1.82) is 0 Å². The topological polar surface area (TPSA) is 67.2 Å². The lowest BCUT2D eigenvalue weighted by molar-refractivity contribution is 0.461. The number of rotatable bonds is 2. The summed E-state index contributed by atoms with van der Waals surface area (Å²) in [7, 11) is 0. The van der Waals surface area contributed by atoms with E-state index in [1.54, 1.807) is 23.0 Å². The van der Waals surface area contributed by atoms with Crippen LogP contribution in [0.25, 0.3) is 0 Å². The van der Waals surface area contributed by atoms with Gasteiger partial charge in [0.25, 0.3) is 5.56 Å². The summed E-state index contributed by atoms with van der Waals surface area (Å²) < 4.78 is 1.74. The molecule has 2 atom stereocenters. The van der Waals surface area contributed by atoms with E-state index in [9.17, 15) is 9.90 Å². The minimum atomic E-state index is -0.0797. The Hall–Kier alpha value is -1.56. The molecule has 0 bridgehead atoms. The second kappa shape index (κ2) is 6.06. The number of nitrogens with one attached hydrogen (secondary N) is 1. The fourth-order valence-electron chi connectivity index (χ4n) is 3.76. The molecule has 1 aromatic carbocycles. The van der Waals surface area contributed by atoms with Crippen molar-refractivity contribution in [3.63, 3.8) is 0 Å². The van der Waals surface area contributed by atoms with Crippen LogP contribution in [0.3, 0.4) is 0 Å². The van der Waals surface area contributed by atoms with Gasteiger partial charge in [-0.15, -0.1) is 0 Å². The molecular formula is C17H17Cl2N3O2. The first-order chi connectivity index (χ1) is 11.6. The van der Waals surface area contributed by atoms with Gasteiger partial charge in [0, 0.05) is 17.7 Å². The predicted molar refractivity (Wildman–Crippen MR) is 93.3 cm³/mol. The second-order valence-corrected chi connectivity index (χ2v) is 7.21. The molecule has 5 nitrogen and oxygen atoms in total. The minimum absolute atomic E-state index is 0.0221. The van der Waals surface area contributed by atoms with Crippen LogP contribution in [0, 0.1) is 0 Å². The Balaban J connectivity index is 1.71. The number of benzene rings is 1. The van der Waals surface area contributed by atoms with Gasteiger partial charge in [0.1, 0.15) is 5.75 Å². The van der Waals surface area contributed by atoms with Gasteiger partial charge in [-0.05, 0) is 43.9 Å². The summed E-state index contributed by atoms with van der Waals surface area (Å²) >= 11 is 12.4. The third-order valence-corrected chi connectivity index (χ3v) is 5.83. The number of aromatic nitrogens is 2. The van der Waals surface area contributed by atoms with Crippen LogP contribution in [0.2, 0.25) is 10.0 Å². The van der Waals surface area contributed by atoms with Crippen molar-refractivity contribution in [2.24, 2.45) is 0 Å². The highest BCUT2D eigenvalue weighted by molar-refractivity contribution is 6.42. The number of aromatic hydroxyl groups is 1. The molecule has 4 rings (SSSR count). The number of phenolic OH excluding ortho intramolecular Hbond substituents is 1. The predicted octanol–water partition coefficient (Wildman–Crippen LogP) is 2.67. The fourth-order valence-corrected chi connectivity index (χ4v) is 4.24. The SMILES string of the molecule is O=c1c2c(ncn1[C@@H]1CCNC1)C[C@H](c1c(O)ccc(Cl)c1Cl)C2. The fraction of sp³-hybridized carbons (Fsp3) is 0.412. The summed E-state index contributed by atoms with van der Waals surface area (Å²) in [5, 5.41) is 14.2. The molecule has 2 N–H and O–H groups in total. The van der Waals surface area contributed by atoms with Crippen molar-refractivity contribution in [3.8, 4) is 5.75 Å². The molecule has 1 aromatic heterocycles. The second-order valence-electron chi connectivity index (χ2n) is 6.43. The third kappa shape index (κ3) is 2.51. The molecule has 126 valence electrons. The first-order valence-electron chi connectivity index (χ1n) is 8.02. The average molecular weight is 366 g/mol. The Labute approximate surface area is 149 Å². The molecule has 0 unspecified atom stereocenters. The summed E-state index contributed by atoms with van der Waals surface area (Å²) in [6, 6.07) is 3.28. The smallest absolute Gasteiger partial charge is 0.257 e. The summed E-state index contributed by atoms with van der Waals surface area (Å²) in [4.78, 5) is 17.3. The molecule has 1 aliphatic heterocycles. The summed E-state index contributed by atoms with van der Waals surface area (Å²) in [5.74, 6) is 0.0338. The highest BCUT2D eigenvalue weighted by atomic mass is 35.5. The highest BCUT2D eigenvalue weighted by Crippen LogP contribution is 2.42. The van der Waals surface area contributed by atoms with E-state index in [0.717, 1.165) is 30.8 Å². The van der Waals surface area contributed by atoms with Crippen molar-refractivity contribution in [3.05, 3.63) is 55.7 Å². The van der Waals surface area contributed by atoms with Gasteiger partial charge in [-0.3, -0.25) is 9.36 Å². The quantitative estimate of drug-likeness (QED) is 0.858. The Morgan fingerprint density at radius 3 is 2.88 bits per heavy atom. The van der Waals surface area contributed by atoms with E-state index in [2.05, 4.69) is 10.3 Å². The number of halogens is 2. The zero-order valence-corrected chi connectivity index (χ0v) is 14.4. The van der Waals surface area contributed by atoms with Crippen LogP contribution in [-0.2, 0) is 12.8 Å². The molecule has 7 heteroatoms. The molecule has 0 amide bonds. The lowest BCUT2D eigenvalue weighted by atomic mass is 9.95. The zero-order chi connectivity index (χ0) is 16.8. The summed E-state index contributed by atoms with van der Waals surface area (Å²) in [6.45, 7) is 1.72. The molecule has 1 aliphatic carbocycles. The first-order valence-corrected chi connectivity index (χ1v) is 8.78. The summed E-state index contributed by atoms with van der Waals surface area (Å²) in [5.41, 5.74) is 2.15. The lowest BCUT2D eigenvalue weighted by Crippen LogP contribution is -2.29. The molecule has 2 heterocycles. The van der Waals surface area contributed by atoms with Gasteiger partial charge >= 0.3 is 0 Å². The van der Waals surface area contributed by atoms with E-state index in [0.29, 0.717) is 28.5 Å². The molecule has 2 aromatic rings. The highest BCUT2D eigenvalue weighted by Gasteiger charge is 2.32. The summed E-state index contributed by atoms with van der Waals surface area (Å²) in [6.07, 6.45) is 3.70. The van der Waals surface area contributed by atoms with E-state index in [1.807, 2.05) is 0 Å². The largest absolute Gasteiger partial charge is 0.508 e. The number of fused-ring (bicyclic) bond motifs is 1. The van der Waals surface area contributed by atoms with Gasteiger partial charge < -0.3 is 10.4 Å². The molecule has 1 fully saturated rings. The number of phenols is 1. The van der Waals surface area contributed by atoms with Crippen molar-refractivity contribution in [2.75, 3.05) is 13.1 Å².